The molecule has 1 saturated heterocycles. The van der Waals surface area contributed by atoms with E-state index in [0.29, 0.717) is 19.3 Å². The van der Waals surface area contributed by atoms with Crippen molar-refractivity contribution in [2.24, 2.45) is 5.92 Å². The monoisotopic (exact) mass is 464 g/mol. The summed E-state index contributed by atoms with van der Waals surface area (Å²) < 4.78 is 5.60. The van der Waals surface area contributed by atoms with E-state index in [1.165, 1.54) is 4.90 Å². The average Bonchev–Trinajstić information content (AvgIpc) is 3.53. The minimum atomic E-state index is -1.10. The summed E-state index contributed by atoms with van der Waals surface area (Å²) in [7, 11) is 0. The number of aliphatic hydroxyl groups is 1. The van der Waals surface area contributed by atoms with Crippen LogP contribution in [0.3, 0.4) is 0 Å². The third kappa shape index (κ3) is 4.14. The van der Waals surface area contributed by atoms with E-state index >= 15 is 0 Å². The molecule has 1 heterocycles. The van der Waals surface area contributed by atoms with Crippen molar-refractivity contribution in [2.75, 3.05) is 13.2 Å². The number of nitrogens with one attached hydrogen (secondary N) is 1. The Morgan fingerprint density at radius 2 is 1.62 bits per heavy atom. The molecule has 2 aromatic carbocycles. The molecule has 0 radical (unpaired) electrons. The molecule has 1 saturated carbocycles. The first-order chi connectivity index (χ1) is 16.4. The maximum absolute atomic E-state index is 12.9. The molecular weight excluding hydrogens is 436 g/mol. The Bertz CT molecular complexity index is 1070. The Labute approximate surface area is 197 Å². The molecule has 4 atom stereocenters. The molecule has 0 spiro atoms. The van der Waals surface area contributed by atoms with Gasteiger partial charge in [0.25, 0.3) is 0 Å². The number of ether oxygens (including phenoxy) is 1. The summed E-state index contributed by atoms with van der Waals surface area (Å²) >= 11 is 0. The number of carboxylic acid groups (broad SMARTS) is 1. The Balaban J connectivity index is 1.16. The maximum Gasteiger partial charge on any atom is 0.407 e. The van der Waals surface area contributed by atoms with Gasteiger partial charge < -0.3 is 25.2 Å². The number of aliphatic carboxylic acids is 1. The molecule has 178 valence electrons. The average molecular weight is 465 g/mol. The predicted octanol–water partition coefficient (Wildman–Crippen LogP) is 2.74. The number of fused-ring (bicyclic) bond motifs is 3. The van der Waals surface area contributed by atoms with Crippen LogP contribution in [0.4, 0.5) is 4.79 Å². The summed E-state index contributed by atoms with van der Waals surface area (Å²) in [5.41, 5.74) is 4.61. The van der Waals surface area contributed by atoms with Crippen molar-refractivity contribution >= 4 is 18.0 Å². The van der Waals surface area contributed by atoms with Crippen LogP contribution in [-0.2, 0) is 14.3 Å². The molecule has 34 heavy (non-hydrogen) atoms. The number of carboxylic acids is 1. The molecule has 8 nitrogen and oxygen atoms in total. The van der Waals surface area contributed by atoms with Crippen molar-refractivity contribution in [3.8, 4) is 11.1 Å². The number of likely N-dealkylation sites (tertiary alicyclic amines) is 1. The van der Waals surface area contributed by atoms with E-state index in [-0.39, 0.29) is 43.4 Å². The zero-order valence-electron chi connectivity index (χ0n) is 18.7. The third-order valence-corrected chi connectivity index (χ3v) is 7.29. The van der Waals surface area contributed by atoms with Crippen LogP contribution in [0.1, 0.15) is 42.7 Å². The topological polar surface area (TPSA) is 116 Å². The highest BCUT2D eigenvalue weighted by Gasteiger charge is 2.43. The summed E-state index contributed by atoms with van der Waals surface area (Å²) in [5.74, 6) is -1.76. The third-order valence-electron chi connectivity index (χ3n) is 7.29. The lowest BCUT2D eigenvalue weighted by atomic mass is 9.98. The number of amides is 2. The predicted molar refractivity (Wildman–Crippen MR) is 123 cm³/mol. The first kappa shape index (κ1) is 22.4. The number of carbonyl (C=O) groups excluding carboxylic acids is 2. The van der Waals surface area contributed by atoms with E-state index < -0.39 is 24.2 Å². The van der Waals surface area contributed by atoms with Crippen LogP contribution in [0, 0.1) is 5.92 Å². The number of benzene rings is 2. The fraction of sp³-hybridized carbons (Fsp3) is 0.423. The molecule has 0 unspecified atom stereocenters. The smallest absolute Gasteiger partial charge is 0.407 e. The van der Waals surface area contributed by atoms with Crippen LogP contribution in [0.2, 0.25) is 0 Å². The lowest BCUT2D eigenvalue weighted by Gasteiger charge is -2.24. The summed E-state index contributed by atoms with van der Waals surface area (Å²) in [4.78, 5) is 38.2. The van der Waals surface area contributed by atoms with E-state index in [0.717, 1.165) is 22.3 Å². The lowest BCUT2D eigenvalue weighted by molar-refractivity contribution is -0.149. The van der Waals surface area contributed by atoms with Gasteiger partial charge in [-0.25, -0.2) is 9.59 Å². The summed E-state index contributed by atoms with van der Waals surface area (Å²) in [6.07, 6.45) is 0.332. The van der Waals surface area contributed by atoms with Gasteiger partial charge in [0.15, 0.2) is 0 Å². The molecule has 0 bridgehead atoms. The number of rotatable bonds is 5. The molecule has 3 N–H and O–H groups in total. The lowest BCUT2D eigenvalue weighted by Crippen LogP contribution is -2.43. The van der Waals surface area contributed by atoms with Crippen LogP contribution < -0.4 is 5.32 Å². The Kier molecular flexibility index (Phi) is 6.00. The molecular formula is C26H28N2O6. The van der Waals surface area contributed by atoms with Crippen molar-refractivity contribution in [2.45, 2.75) is 49.8 Å². The second-order valence-corrected chi connectivity index (χ2v) is 9.41. The van der Waals surface area contributed by atoms with Gasteiger partial charge in [-0.15, -0.1) is 0 Å². The second kappa shape index (κ2) is 9.10. The van der Waals surface area contributed by atoms with Gasteiger partial charge in [0, 0.05) is 30.8 Å². The van der Waals surface area contributed by atoms with Crippen LogP contribution >= 0.6 is 0 Å². The Morgan fingerprint density at radius 3 is 2.26 bits per heavy atom. The molecule has 2 amide bonds. The quantitative estimate of drug-likeness (QED) is 0.627. The van der Waals surface area contributed by atoms with Gasteiger partial charge in [0.2, 0.25) is 5.91 Å². The van der Waals surface area contributed by atoms with Crippen LogP contribution in [-0.4, -0.2) is 64.4 Å². The number of hydrogen-bond acceptors (Lipinski definition) is 5. The Morgan fingerprint density at radius 1 is 0.971 bits per heavy atom. The number of nitrogens with zero attached hydrogens (tertiary/aromatic N) is 1. The van der Waals surface area contributed by atoms with Gasteiger partial charge in [-0.3, -0.25) is 4.79 Å². The van der Waals surface area contributed by atoms with Gasteiger partial charge >= 0.3 is 12.1 Å². The van der Waals surface area contributed by atoms with Crippen LogP contribution in [0.15, 0.2) is 48.5 Å². The molecule has 3 aliphatic rings. The largest absolute Gasteiger partial charge is 0.480 e. The standard InChI is InChI=1S/C26H28N2O6/c29-17-12-23(25(31)32)28(13-17)24(30)15-9-10-16(11-15)27-26(33)34-14-22-20-7-3-1-5-18(20)19-6-2-4-8-21(19)22/h1-8,15-17,22-23,29H,9-14H2,(H,27,33)(H,31,32)/t15-,16+,17-,23-/m1/s1. The van der Waals surface area contributed by atoms with Gasteiger partial charge in [0.05, 0.1) is 6.10 Å². The van der Waals surface area contributed by atoms with Gasteiger partial charge in [-0.05, 0) is 41.5 Å². The fourth-order valence-corrected chi connectivity index (χ4v) is 5.67. The number of alkyl carbamates (subject to hydrolysis) is 1. The van der Waals surface area contributed by atoms with E-state index in [2.05, 4.69) is 29.6 Å². The van der Waals surface area contributed by atoms with Crippen molar-refractivity contribution in [3.63, 3.8) is 0 Å². The molecule has 2 aromatic rings. The summed E-state index contributed by atoms with van der Waals surface area (Å²) in [6, 6.07) is 15.1. The second-order valence-electron chi connectivity index (χ2n) is 9.41. The summed E-state index contributed by atoms with van der Waals surface area (Å²) in [5, 5.41) is 22.1. The van der Waals surface area contributed by atoms with Gasteiger partial charge in [-0.2, -0.15) is 0 Å². The zero-order valence-corrected chi connectivity index (χ0v) is 18.7. The van der Waals surface area contributed by atoms with E-state index in [4.69, 9.17) is 4.74 Å². The van der Waals surface area contributed by atoms with Crippen LogP contribution in [0.25, 0.3) is 11.1 Å². The minimum Gasteiger partial charge on any atom is -0.480 e. The van der Waals surface area contributed by atoms with E-state index in [1.807, 2.05) is 24.3 Å². The fourth-order valence-electron chi connectivity index (χ4n) is 5.67. The normalized spacial score (nSPS) is 25.6. The van der Waals surface area contributed by atoms with E-state index in [9.17, 15) is 24.6 Å². The minimum absolute atomic E-state index is 0.0226. The van der Waals surface area contributed by atoms with Crippen molar-refractivity contribution in [1.29, 1.82) is 0 Å². The highest BCUT2D eigenvalue weighted by Crippen LogP contribution is 2.44. The van der Waals surface area contributed by atoms with Crippen molar-refractivity contribution in [1.82, 2.24) is 10.2 Å². The zero-order chi connectivity index (χ0) is 23.8. The molecule has 2 aliphatic carbocycles. The number of hydrogen-bond donors (Lipinski definition) is 3. The SMILES string of the molecule is O=C(N[C@H]1CC[C@@H](C(=O)N2C[C@H](O)C[C@@H]2C(=O)O)C1)OCC1c2ccccc2-c2ccccc21. The highest BCUT2D eigenvalue weighted by molar-refractivity contribution is 5.86. The Hall–Kier alpha value is -3.39. The maximum atomic E-state index is 12.9. The van der Waals surface area contributed by atoms with Crippen molar-refractivity contribution in [3.05, 3.63) is 59.7 Å². The van der Waals surface area contributed by atoms with E-state index in [1.54, 1.807) is 0 Å². The van der Waals surface area contributed by atoms with Gasteiger partial charge in [0.1, 0.15) is 12.6 Å². The molecule has 2 fully saturated rings. The van der Waals surface area contributed by atoms with Crippen LogP contribution in [0.5, 0.6) is 0 Å². The van der Waals surface area contributed by atoms with Gasteiger partial charge in [-0.1, -0.05) is 48.5 Å². The first-order valence-electron chi connectivity index (χ1n) is 11.7. The highest BCUT2D eigenvalue weighted by atomic mass is 16.5. The first-order valence-corrected chi connectivity index (χ1v) is 11.7. The number of β-amino-alcohol motifs (C(OH)–C–C–N with tert-alkyl or cyclic N) is 1. The molecule has 5 rings (SSSR count). The van der Waals surface area contributed by atoms with Crippen molar-refractivity contribution < 1.29 is 29.3 Å². The molecule has 8 heteroatoms. The molecule has 0 aromatic heterocycles. The number of aliphatic hydroxyl groups excluding tert-OH is 1. The number of carbonyl (C=O) groups is 3. The molecule has 1 aliphatic heterocycles. The summed E-state index contributed by atoms with van der Waals surface area (Å²) in [6.45, 7) is 0.262.